The second-order valence-electron chi connectivity index (χ2n) is 8.32. The molecule has 2 heterocycles. The Bertz CT molecular complexity index is 892. The molecule has 2 unspecified atom stereocenters. The van der Waals surface area contributed by atoms with Crippen LogP contribution in [-0.4, -0.2) is 46.5 Å². The molecule has 1 amide bonds. The molecule has 6 nitrogen and oxygen atoms in total. The van der Waals surface area contributed by atoms with Crippen molar-refractivity contribution in [1.29, 1.82) is 0 Å². The van der Waals surface area contributed by atoms with Gasteiger partial charge in [-0.1, -0.05) is 44.4 Å². The maximum Gasteiger partial charge on any atom is 0.226 e. The van der Waals surface area contributed by atoms with E-state index < -0.39 is 0 Å². The summed E-state index contributed by atoms with van der Waals surface area (Å²) in [5.41, 5.74) is 1.06. The lowest BCUT2D eigenvalue weighted by Gasteiger charge is -2.41. The van der Waals surface area contributed by atoms with Gasteiger partial charge in [-0.05, 0) is 44.4 Å². The number of aromatic nitrogens is 2. The fraction of sp³-hybridized carbons (Fsp3) is 0.542. The fourth-order valence-corrected chi connectivity index (χ4v) is 4.20. The van der Waals surface area contributed by atoms with Crippen LogP contribution in [0.3, 0.4) is 0 Å². The second kappa shape index (κ2) is 10.8. The Morgan fingerprint density at radius 1 is 1.26 bits per heavy atom. The number of aryl methyl sites for hydroxylation is 1. The molecule has 3 rings (SSSR count). The van der Waals surface area contributed by atoms with E-state index in [1.165, 1.54) is 6.33 Å². The summed E-state index contributed by atoms with van der Waals surface area (Å²) in [7, 11) is 0. The Morgan fingerprint density at radius 3 is 2.77 bits per heavy atom. The number of anilines is 1. The van der Waals surface area contributed by atoms with Gasteiger partial charge in [-0.2, -0.15) is 0 Å². The SMILES string of the molecule is CCCCC(CC)C(=O)N1CCN(c2cc(Oc3cc(C)ccc3Cl)ncn2)CC1C. The number of hydrogen-bond acceptors (Lipinski definition) is 5. The van der Waals surface area contributed by atoms with Crippen LogP contribution >= 0.6 is 11.6 Å². The molecule has 1 aliphatic rings. The van der Waals surface area contributed by atoms with Gasteiger partial charge in [0, 0.05) is 37.7 Å². The second-order valence-corrected chi connectivity index (χ2v) is 8.73. The summed E-state index contributed by atoms with van der Waals surface area (Å²) in [5, 5.41) is 0.542. The summed E-state index contributed by atoms with van der Waals surface area (Å²) in [5.74, 6) is 2.25. The summed E-state index contributed by atoms with van der Waals surface area (Å²) in [4.78, 5) is 26.0. The fourth-order valence-electron chi connectivity index (χ4n) is 4.04. The van der Waals surface area contributed by atoms with Gasteiger partial charge in [0.1, 0.15) is 17.9 Å². The Morgan fingerprint density at radius 2 is 2.06 bits per heavy atom. The number of hydrogen-bond donors (Lipinski definition) is 0. The van der Waals surface area contributed by atoms with Gasteiger partial charge in [0.25, 0.3) is 0 Å². The molecular weight excluding hydrogens is 412 g/mol. The molecule has 0 aliphatic carbocycles. The molecule has 168 valence electrons. The van der Waals surface area contributed by atoms with E-state index >= 15 is 0 Å². The van der Waals surface area contributed by atoms with Crippen LogP contribution in [-0.2, 0) is 4.79 Å². The number of piperazine rings is 1. The molecule has 7 heteroatoms. The average molecular weight is 445 g/mol. The lowest BCUT2D eigenvalue weighted by Crippen LogP contribution is -2.55. The number of carbonyl (C=O) groups excluding carboxylic acids is 1. The number of halogens is 1. The zero-order valence-corrected chi connectivity index (χ0v) is 19.7. The van der Waals surface area contributed by atoms with Crippen LogP contribution in [0.4, 0.5) is 5.82 Å². The van der Waals surface area contributed by atoms with Crippen LogP contribution < -0.4 is 9.64 Å². The molecule has 1 saturated heterocycles. The van der Waals surface area contributed by atoms with Crippen molar-refractivity contribution in [3.63, 3.8) is 0 Å². The number of rotatable bonds is 8. The molecule has 0 spiro atoms. The van der Waals surface area contributed by atoms with Crippen molar-refractivity contribution in [3.05, 3.63) is 41.2 Å². The molecule has 0 saturated carbocycles. The Hall–Kier alpha value is -2.34. The first-order valence-corrected chi connectivity index (χ1v) is 11.6. The van der Waals surface area contributed by atoms with Crippen molar-refractivity contribution in [2.24, 2.45) is 5.92 Å². The van der Waals surface area contributed by atoms with Crippen LogP contribution in [0.2, 0.25) is 5.02 Å². The van der Waals surface area contributed by atoms with Gasteiger partial charge in [0.05, 0.1) is 5.02 Å². The highest BCUT2D eigenvalue weighted by Gasteiger charge is 2.31. The zero-order valence-electron chi connectivity index (χ0n) is 19.0. The van der Waals surface area contributed by atoms with Gasteiger partial charge in [0.15, 0.2) is 0 Å². The third-order valence-corrected chi connectivity index (χ3v) is 6.22. The molecule has 2 aromatic rings. The highest BCUT2D eigenvalue weighted by Crippen LogP contribution is 2.30. The number of ether oxygens (including phenoxy) is 1. The van der Waals surface area contributed by atoms with Gasteiger partial charge in [-0.25, -0.2) is 9.97 Å². The number of unbranched alkanes of at least 4 members (excludes halogenated alkanes) is 1. The minimum absolute atomic E-state index is 0.127. The van der Waals surface area contributed by atoms with E-state index in [-0.39, 0.29) is 12.0 Å². The average Bonchev–Trinajstić information content (AvgIpc) is 2.77. The third kappa shape index (κ3) is 5.88. The monoisotopic (exact) mass is 444 g/mol. The normalized spacial score (nSPS) is 17.5. The van der Waals surface area contributed by atoms with Crippen LogP contribution in [0.15, 0.2) is 30.6 Å². The van der Waals surface area contributed by atoms with Gasteiger partial charge in [0.2, 0.25) is 11.8 Å². The van der Waals surface area contributed by atoms with Gasteiger partial charge < -0.3 is 14.5 Å². The first-order valence-electron chi connectivity index (χ1n) is 11.2. The Kier molecular flexibility index (Phi) is 8.13. The summed E-state index contributed by atoms with van der Waals surface area (Å²) in [6.45, 7) is 10.6. The maximum atomic E-state index is 13.1. The lowest BCUT2D eigenvalue weighted by atomic mass is 9.96. The first kappa shape index (κ1) is 23.3. The van der Waals surface area contributed by atoms with E-state index in [9.17, 15) is 4.79 Å². The highest BCUT2D eigenvalue weighted by molar-refractivity contribution is 6.32. The number of carbonyl (C=O) groups is 1. The van der Waals surface area contributed by atoms with Crippen LogP contribution in [0.25, 0.3) is 0 Å². The standard InChI is InChI=1S/C24H33ClN4O2/c1-5-7-8-19(6-2)24(30)29-12-11-28(15-18(29)4)22-14-23(27-16-26-22)31-21-13-17(3)9-10-20(21)25/h9-10,13-14,16,18-19H,5-8,11-12,15H2,1-4H3. The quantitative estimate of drug-likeness (QED) is 0.539. The van der Waals surface area contributed by atoms with Crippen LogP contribution in [0, 0.1) is 12.8 Å². The molecule has 0 bridgehead atoms. The molecule has 1 aromatic carbocycles. The topological polar surface area (TPSA) is 58.6 Å². The minimum Gasteiger partial charge on any atom is -0.437 e. The van der Waals surface area contributed by atoms with Crippen molar-refractivity contribution in [3.8, 4) is 11.6 Å². The molecule has 2 atom stereocenters. The number of nitrogens with zero attached hydrogens (tertiary/aromatic N) is 4. The summed E-state index contributed by atoms with van der Waals surface area (Å²) >= 11 is 6.25. The van der Waals surface area contributed by atoms with E-state index in [0.717, 1.165) is 50.2 Å². The summed E-state index contributed by atoms with van der Waals surface area (Å²) < 4.78 is 5.92. The maximum absolute atomic E-state index is 13.1. The largest absolute Gasteiger partial charge is 0.437 e. The first-order chi connectivity index (χ1) is 14.9. The van der Waals surface area contributed by atoms with Crippen molar-refractivity contribution in [2.45, 2.75) is 59.4 Å². The summed E-state index contributed by atoms with van der Waals surface area (Å²) in [6, 6.07) is 7.60. The molecule has 0 N–H and O–H groups in total. The summed E-state index contributed by atoms with van der Waals surface area (Å²) in [6.07, 6.45) is 5.62. The molecular formula is C24H33ClN4O2. The van der Waals surface area contributed by atoms with Crippen molar-refractivity contribution in [1.82, 2.24) is 14.9 Å². The number of amides is 1. The van der Waals surface area contributed by atoms with Crippen molar-refractivity contribution < 1.29 is 9.53 Å². The van der Waals surface area contributed by atoms with Gasteiger partial charge in [-0.3, -0.25) is 4.79 Å². The van der Waals surface area contributed by atoms with E-state index in [0.29, 0.717) is 29.1 Å². The van der Waals surface area contributed by atoms with Gasteiger partial charge in [-0.15, -0.1) is 0 Å². The Balaban J connectivity index is 1.67. The number of benzene rings is 1. The van der Waals surface area contributed by atoms with Crippen molar-refractivity contribution >= 4 is 23.3 Å². The lowest BCUT2D eigenvalue weighted by molar-refractivity contribution is -0.138. The van der Waals surface area contributed by atoms with E-state index in [1.807, 2.05) is 36.1 Å². The van der Waals surface area contributed by atoms with E-state index in [1.54, 1.807) is 0 Å². The minimum atomic E-state index is 0.127. The van der Waals surface area contributed by atoms with Crippen LogP contribution in [0.1, 0.15) is 52.0 Å². The predicted molar refractivity (Wildman–Crippen MR) is 125 cm³/mol. The van der Waals surface area contributed by atoms with Crippen LogP contribution in [0.5, 0.6) is 11.6 Å². The third-order valence-electron chi connectivity index (χ3n) is 5.91. The van der Waals surface area contributed by atoms with Crippen molar-refractivity contribution in [2.75, 3.05) is 24.5 Å². The molecule has 1 fully saturated rings. The molecule has 1 aromatic heterocycles. The predicted octanol–water partition coefficient (Wildman–Crippen LogP) is 5.48. The smallest absolute Gasteiger partial charge is 0.226 e. The Labute approximate surface area is 190 Å². The molecule has 31 heavy (non-hydrogen) atoms. The molecule has 0 radical (unpaired) electrons. The molecule has 1 aliphatic heterocycles. The highest BCUT2D eigenvalue weighted by atomic mass is 35.5. The zero-order chi connectivity index (χ0) is 22.4. The van der Waals surface area contributed by atoms with E-state index in [4.69, 9.17) is 16.3 Å². The van der Waals surface area contributed by atoms with Gasteiger partial charge >= 0.3 is 0 Å². The van der Waals surface area contributed by atoms with E-state index in [2.05, 4.69) is 35.6 Å².